The average Bonchev–Trinajstić information content (AvgIpc) is 3.38. The average molecular weight is 482 g/mol. The third kappa shape index (κ3) is 3.18. The molecule has 4 aromatic rings. The van der Waals surface area contributed by atoms with Gasteiger partial charge in [-0.3, -0.25) is 14.7 Å². The lowest BCUT2D eigenvalue weighted by Crippen LogP contribution is -2.41. The van der Waals surface area contributed by atoms with Crippen molar-refractivity contribution in [3.05, 3.63) is 82.6 Å². The van der Waals surface area contributed by atoms with Crippen molar-refractivity contribution >= 4 is 34.0 Å². The number of ether oxygens (including phenoxy) is 1. The molecule has 2 N–H and O–H groups in total. The largest absolute Gasteiger partial charge is 0.466 e. The van der Waals surface area contributed by atoms with Crippen LogP contribution in [0.25, 0.3) is 16.6 Å². The van der Waals surface area contributed by atoms with E-state index in [4.69, 9.17) is 10.5 Å². The van der Waals surface area contributed by atoms with Crippen LogP contribution in [0.3, 0.4) is 0 Å². The summed E-state index contributed by atoms with van der Waals surface area (Å²) in [6.45, 7) is 2.00. The Morgan fingerprint density at radius 1 is 1.19 bits per heavy atom. The summed E-state index contributed by atoms with van der Waals surface area (Å²) < 4.78 is 6.83. The smallest absolute Gasteiger partial charge is 0.338 e. The van der Waals surface area contributed by atoms with Crippen LogP contribution in [0.15, 0.2) is 71.5 Å². The number of esters is 1. The van der Waals surface area contributed by atoms with Crippen molar-refractivity contribution in [3.63, 3.8) is 0 Å². The van der Waals surface area contributed by atoms with Gasteiger partial charge in [-0.15, -0.1) is 5.10 Å². The number of carbonyl (C=O) groups is 2. The number of nitrogens with two attached hydrogens (primary N) is 1. The van der Waals surface area contributed by atoms with E-state index in [1.54, 1.807) is 27.9 Å². The molecular formula is C26H23N7O3. The predicted octanol–water partition coefficient (Wildman–Crippen LogP) is 2.94. The Kier molecular flexibility index (Phi) is 5.03. The van der Waals surface area contributed by atoms with Crippen molar-refractivity contribution < 1.29 is 14.3 Å². The number of hydrogen-bond acceptors (Lipinski definition) is 9. The number of pyridine rings is 2. The van der Waals surface area contributed by atoms with E-state index in [-0.39, 0.29) is 17.2 Å². The van der Waals surface area contributed by atoms with Crippen LogP contribution in [-0.2, 0) is 14.3 Å². The molecule has 10 heteroatoms. The normalized spacial score (nSPS) is 18.2. The quantitative estimate of drug-likeness (QED) is 0.439. The van der Waals surface area contributed by atoms with Gasteiger partial charge < -0.3 is 10.5 Å². The van der Waals surface area contributed by atoms with Crippen molar-refractivity contribution in [1.29, 1.82) is 0 Å². The molecule has 180 valence electrons. The number of ketones is 1. The first-order chi connectivity index (χ1) is 17.5. The molecular weight excluding hydrogens is 458 g/mol. The number of aromatic nitrogens is 5. The first-order valence-electron chi connectivity index (χ1n) is 11.6. The van der Waals surface area contributed by atoms with E-state index < -0.39 is 11.9 Å². The highest BCUT2D eigenvalue weighted by Gasteiger charge is 2.44. The molecule has 1 aliphatic carbocycles. The Hall–Kier alpha value is -4.60. The number of tetrazole rings is 1. The summed E-state index contributed by atoms with van der Waals surface area (Å²) in [6.07, 6.45) is 4.99. The van der Waals surface area contributed by atoms with Gasteiger partial charge in [0.25, 0.3) is 0 Å². The van der Waals surface area contributed by atoms with Gasteiger partial charge in [0.15, 0.2) is 11.4 Å². The summed E-state index contributed by atoms with van der Waals surface area (Å²) in [5.41, 5.74) is 11.8. The molecule has 36 heavy (non-hydrogen) atoms. The lowest BCUT2D eigenvalue weighted by molar-refractivity contribution is -0.136. The maximum atomic E-state index is 13.6. The Balaban J connectivity index is 1.70. The van der Waals surface area contributed by atoms with Crippen LogP contribution >= 0.6 is 0 Å². The monoisotopic (exact) mass is 481 g/mol. The van der Waals surface area contributed by atoms with E-state index in [1.165, 1.54) is 7.11 Å². The highest BCUT2D eigenvalue weighted by Crippen LogP contribution is 2.47. The van der Waals surface area contributed by atoms with E-state index in [1.807, 2.05) is 37.3 Å². The first-order valence-corrected chi connectivity index (χ1v) is 11.6. The Morgan fingerprint density at radius 2 is 2.06 bits per heavy atom. The molecule has 6 rings (SSSR count). The minimum Gasteiger partial charge on any atom is -0.466 e. The molecule has 0 bridgehead atoms. The minimum atomic E-state index is -0.786. The molecule has 1 unspecified atom stereocenters. The van der Waals surface area contributed by atoms with E-state index in [0.717, 1.165) is 22.2 Å². The number of methoxy groups -OCH3 is 1. The highest BCUT2D eigenvalue weighted by atomic mass is 16.5. The molecule has 1 aromatic carbocycles. The molecule has 0 radical (unpaired) electrons. The van der Waals surface area contributed by atoms with E-state index in [0.29, 0.717) is 41.7 Å². The standard InChI is InChI=1S/C26H23N7O3/c1-14-8-9-18-15(11-14)12-17(25-29-30-31-33(18)25)21-22-19(6-3-7-20(22)34)32(16-5-4-10-28-13-16)24(27)23(21)26(35)36-2/h4-5,8-13,21H,3,6-7,27H2,1-2H3. The van der Waals surface area contributed by atoms with Crippen molar-refractivity contribution in [2.24, 2.45) is 5.73 Å². The summed E-state index contributed by atoms with van der Waals surface area (Å²) in [4.78, 5) is 32.9. The van der Waals surface area contributed by atoms with Crippen molar-refractivity contribution in [1.82, 2.24) is 25.0 Å². The number of hydrogen-bond donors (Lipinski definition) is 1. The lowest BCUT2D eigenvalue weighted by Gasteiger charge is -2.40. The number of aryl methyl sites for hydroxylation is 1. The fraction of sp³-hybridized carbons (Fsp3) is 0.231. The summed E-state index contributed by atoms with van der Waals surface area (Å²) in [5, 5.41) is 13.3. The Morgan fingerprint density at radius 3 is 2.83 bits per heavy atom. The van der Waals surface area contributed by atoms with Crippen LogP contribution < -0.4 is 10.6 Å². The lowest BCUT2D eigenvalue weighted by atomic mass is 9.75. The van der Waals surface area contributed by atoms with Gasteiger partial charge in [0.1, 0.15) is 5.82 Å². The molecule has 0 spiro atoms. The fourth-order valence-electron chi connectivity index (χ4n) is 5.35. The number of benzene rings is 1. The molecule has 3 aromatic heterocycles. The zero-order valence-electron chi connectivity index (χ0n) is 19.8. The van der Waals surface area contributed by atoms with Crippen molar-refractivity contribution in [2.45, 2.75) is 32.1 Å². The zero-order valence-corrected chi connectivity index (χ0v) is 19.8. The van der Waals surface area contributed by atoms with Gasteiger partial charge >= 0.3 is 5.97 Å². The van der Waals surface area contributed by atoms with Gasteiger partial charge in [-0.05, 0) is 60.5 Å². The van der Waals surface area contributed by atoms with Crippen LogP contribution in [0.1, 0.15) is 36.3 Å². The van der Waals surface area contributed by atoms with Crippen LogP contribution in [0.2, 0.25) is 0 Å². The number of allylic oxidation sites excluding steroid dienone is 2. The zero-order chi connectivity index (χ0) is 25.0. The second kappa shape index (κ2) is 8.26. The third-order valence-corrected chi connectivity index (χ3v) is 6.86. The number of anilines is 1. The Bertz CT molecular complexity index is 1620. The first kappa shape index (κ1) is 21.9. The molecule has 10 nitrogen and oxygen atoms in total. The highest BCUT2D eigenvalue weighted by molar-refractivity contribution is 6.06. The topological polar surface area (TPSA) is 129 Å². The second-order valence-electron chi connectivity index (χ2n) is 8.98. The number of nitrogens with zero attached hydrogens (tertiary/aromatic N) is 6. The summed E-state index contributed by atoms with van der Waals surface area (Å²) in [6, 6.07) is 11.5. The van der Waals surface area contributed by atoms with Gasteiger partial charge in [-0.1, -0.05) is 11.6 Å². The molecule has 0 saturated heterocycles. The summed E-state index contributed by atoms with van der Waals surface area (Å²) in [7, 11) is 1.30. The number of Topliss-reactive ketones (excluding diaryl/α,β-unsaturated/α-hetero) is 1. The van der Waals surface area contributed by atoms with Crippen LogP contribution in [0.5, 0.6) is 0 Å². The van der Waals surface area contributed by atoms with Gasteiger partial charge in [0.05, 0.1) is 36.0 Å². The molecule has 2 aliphatic rings. The van der Waals surface area contributed by atoms with Gasteiger partial charge in [-0.25, -0.2) is 4.79 Å². The van der Waals surface area contributed by atoms with Gasteiger partial charge in [0, 0.05) is 34.8 Å². The molecule has 0 fully saturated rings. The fourth-order valence-corrected chi connectivity index (χ4v) is 5.35. The third-order valence-electron chi connectivity index (χ3n) is 6.86. The van der Waals surface area contributed by atoms with E-state index in [9.17, 15) is 9.59 Å². The summed E-state index contributed by atoms with van der Waals surface area (Å²) >= 11 is 0. The van der Waals surface area contributed by atoms with E-state index in [2.05, 4.69) is 20.5 Å². The number of fused-ring (bicyclic) bond motifs is 3. The van der Waals surface area contributed by atoms with Crippen molar-refractivity contribution in [3.8, 4) is 0 Å². The summed E-state index contributed by atoms with van der Waals surface area (Å²) in [5.74, 6) is -1.25. The van der Waals surface area contributed by atoms with Crippen LogP contribution in [0.4, 0.5) is 5.69 Å². The molecule has 4 heterocycles. The van der Waals surface area contributed by atoms with Crippen LogP contribution in [0, 0.1) is 6.92 Å². The second-order valence-corrected chi connectivity index (χ2v) is 8.98. The minimum absolute atomic E-state index is 0.0426. The Labute approximate surface area is 206 Å². The maximum absolute atomic E-state index is 13.6. The molecule has 1 atom stereocenters. The van der Waals surface area contributed by atoms with Crippen molar-refractivity contribution in [2.75, 3.05) is 12.0 Å². The molecule has 1 aliphatic heterocycles. The van der Waals surface area contributed by atoms with Gasteiger partial charge in [-0.2, -0.15) is 4.52 Å². The maximum Gasteiger partial charge on any atom is 0.338 e. The molecule has 0 saturated carbocycles. The predicted molar refractivity (Wildman–Crippen MR) is 132 cm³/mol. The van der Waals surface area contributed by atoms with E-state index >= 15 is 0 Å². The van der Waals surface area contributed by atoms with Gasteiger partial charge in [0.2, 0.25) is 0 Å². The molecule has 0 amide bonds. The SMILES string of the molecule is COC(=O)C1=C(N)N(c2cccnc2)C2=C(C(=O)CCC2)C1c1cc2cc(C)ccc2n2nnnc12. The number of rotatable bonds is 3. The number of carbonyl (C=O) groups excluding carboxylic acids is 2. The van der Waals surface area contributed by atoms with Crippen LogP contribution in [-0.4, -0.2) is 43.9 Å².